The molecule has 0 spiro atoms. The van der Waals surface area contributed by atoms with Gasteiger partial charge in [0.15, 0.2) is 0 Å². The Morgan fingerprint density at radius 1 is 1.12 bits per heavy atom. The van der Waals surface area contributed by atoms with E-state index in [9.17, 15) is 19.2 Å². The van der Waals surface area contributed by atoms with Crippen LogP contribution in [0.15, 0.2) is 69.5 Å². The highest BCUT2D eigenvalue weighted by molar-refractivity contribution is 8.18. The maximum absolute atomic E-state index is 12.9. The minimum atomic E-state index is -0.510. The molecule has 0 unspecified atom stereocenters. The molecule has 2 aromatic heterocycles. The topological polar surface area (TPSA) is 99.9 Å². The van der Waals surface area contributed by atoms with Crippen molar-refractivity contribution < 1.29 is 23.6 Å². The van der Waals surface area contributed by atoms with Crippen LogP contribution in [0.4, 0.5) is 10.5 Å². The van der Waals surface area contributed by atoms with E-state index in [1.807, 2.05) is 17.5 Å². The van der Waals surface area contributed by atoms with Crippen molar-refractivity contribution in [2.24, 2.45) is 0 Å². The number of anilines is 1. The number of rotatable bonds is 7. The molecule has 1 aliphatic heterocycles. The second-order valence-electron chi connectivity index (χ2n) is 7.02. The van der Waals surface area contributed by atoms with Gasteiger partial charge in [-0.15, -0.1) is 11.3 Å². The zero-order valence-electron chi connectivity index (χ0n) is 17.5. The van der Waals surface area contributed by atoms with Gasteiger partial charge in [0.05, 0.1) is 29.0 Å². The van der Waals surface area contributed by atoms with Crippen LogP contribution in [-0.4, -0.2) is 41.5 Å². The Morgan fingerprint density at radius 3 is 2.67 bits per heavy atom. The summed E-state index contributed by atoms with van der Waals surface area (Å²) in [5.74, 6) is -0.794. The van der Waals surface area contributed by atoms with Gasteiger partial charge in [-0.25, -0.2) is 0 Å². The number of furan rings is 1. The molecule has 0 bridgehead atoms. The van der Waals surface area contributed by atoms with E-state index in [1.165, 1.54) is 29.5 Å². The summed E-state index contributed by atoms with van der Waals surface area (Å²) in [6.07, 6.45) is 3.16. The van der Waals surface area contributed by atoms with Crippen LogP contribution in [0.5, 0.6) is 0 Å². The highest BCUT2D eigenvalue weighted by Gasteiger charge is 2.37. The minimum absolute atomic E-state index is 0.200. The van der Waals surface area contributed by atoms with Crippen LogP contribution in [0.25, 0.3) is 6.08 Å². The number of likely N-dealkylation sites (N-methyl/N-ethyl adjacent to an activating group) is 1. The predicted molar refractivity (Wildman–Crippen MR) is 127 cm³/mol. The lowest BCUT2D eigenvalue weighted by Gasteiger charge is -2.22. The summed E-state index contributed by atoms with van der Waals surface area (Å²) in [7, 11) is 1.50. The number of imide groups is 1. The van der Waals surface area contributed by atoms with Gasteiger partial charge in [0.2, 0.25) is 5.91 Å². The first-order valence-electron chi connectivity index (χ1n) is 9.89. The molecule has 4 amide bonds. The summed E-state index contributed by atoms with van der Waals surface area (Å²) in [6, 6.07) is 13.8. The lowest BCUT2D eigenvalue weighted by Crippen LogP contribution is -2.41. The molecule has 1 saturated heterocycles. The number of thiophene rings is 1. The van der Waals surface area contributed by atoms with Gasteiger partial charge < -0.3 is 14.6 Å². The Balaban J connectivity index is 1.46. The van der Waals surface area contributed by atoms with Crippen LogP contribution in [-0.2, 0) is 16.1 Å². The van der Waals surface area contributed by atoms with E-state index in [2.05, 4.69) is 5.32 Å². The van der Waals surface area contributed by atoms with Crippen molar-refractivity contribution in [3.05, 3.63) is 81.3 Å². The van der Waals surface area contributed by atoms with Crippen molar-refractivity contribution >= 4 is 57.8 Å². The first kappa shape index (κ1) is 22.6. The van der Waals surface area contributed by atoms with Gasteiger partial charge in [0.25, 0.3) is 17.1 Å². The molecule has 0 radical (unpaired) electrons. The fraction of sp³-hybridized carbons (Fsp3) is 0.130. The molecule has 0 atom stereocenters. The fourth-order valence-corrected chi connectivity index (χ4v) is 4.71. The number of thioether (sulfide) groups is 1. The standard InChI is InChI=1S/C23H19N3O5S2/c1-25(18-9-3-2-8-17(18)21(28)24-13-15-6-4-10-31-15)20(27)14-26-22(29)19(33-23(26)30)12-16-7-5-11-32-16/h2-12H,13-14H2,1H3,(H,24,28)/b19-12-. The average molecular weight is 482 g/mol. The Labute approximate surface area is 197 Å². The maximum atomic E-state index is 12.9. The first-order chi connectivity index (χ1) is 15.9. The van der Waals surface area contributed by atoms with Crippen molar-refractivity contribution in [3.63, 3.8) is 0 Å². The lowest BCUT2D eigenvalue weighted by molar-refractivity contribution is -0.128. The van der Waals surface area contributed by atoms with Crippen LogP contribution in [0.2, 0.25) is 0 Å². The summed E-state index contributed by atoms with van der Waals surface area (Å²) in [5.41, 5.74) is 0.646. The highest BCUT2D eigenvalue weighted by atomic mass is 32.2. The van der Waals surface area contributed by atoms with Crippen LogP contribution >= 0.6 is 23.1 Å². The number of amides is 4. The summed E-state index contributed by atoms with van der Waals surface area (Å²) in [4.78, 5) is 54.0. The normalized spacial score (nSPS) is 14.7. The SMILES string of the molecule is CN(C(=O)CN1C(=O)S/C(=C\c2cccs2)C1=O)c1ccccc1C(=O)NCc1ccco1. The monoisotopic (exact) mass is 481 g/mol. The minimum Gasteiger partial charge on any atom is -0.467 e. The predicted octanol–water partition coefficient (Wildman–Crippen LogP) is 3.97. The van der Waals surface area contributed by atoms with Crippen LogP contribution < -0.4 is 10.2 Å². The first-order valence-corrected chi connectivity index (χ1v) is 11.6. The molecule has 1 aliphatic rings. The molecule has 8 nitrogen and oxygen atoms in total. The third kappa shape index (κ3) is 5.07. The molecule has 0 aliphatic carbocycles. The molecule has 3 aromatic rings. The van der Waals surface area contributed by atoms with Gasteiger partial charge in [0.1, 0.15) is 12.3 Å². The smallest absolute Gasteiger partial charge is 0.294 e. The van der Waals surface area contributed by atoms with Gasteiger partial charge in [-0.2, -0.15) is 0 Å². The third-order valence-corrected chi connectivity index (χ3v) is 6.60. The van der Waals surface area contributed by atoms with E-state index in [-0.39, 0.29) is 22.9 Å². The molecule has 168 valence electrons. The Morgan fingerprint density at radius 2 is 1.94 bits per heavy atom. The van der Waals surface area contributed by atoms with Gasteiger partial charge in [0, 0.05) is 11.9 Å². The number of carbonyl (C=O) groups excluding carboxylic acids is 4. The molecule has 10 heteroatoms. The molecule has 0 saturated carbocycles. The van der Waals surface area contributed by atoms with Crippen LogP contribution in [0, 0.1) is 0 Å². The second-order valence-corrected chi connectivity index (χ2v) is 8.99. The van der Waals surface area contributed by atoms with Gasteiger partial charge in [-0.1, -0.05) is 18.2 Å². The number of para-hydroxylation sites is 1. The molecule has 1 aromatic carbocycles. The van der Waals surface area contributed by atoms with Crippen LogP contribution in [0.1, 0.15) is 21.0 Å². The zero-order chi connectivity index (χ0) is 23.4. The number of nitrogens with zero attached hydrogens (tertiary/aromatic N) is 2. The third-order valence-electron chi connectivity index (χ3n) is 4.87. The quantitative estimate of drug-likeness (QED) is 0.513. The molecule has 1 fully saturated rings. The maximum Gasteiger partial charge on any atom is 0.294 e. The summed E-state index contributed by atoms with van der Waals surface area (Å²) in [6.45, 7) is -0.226. The van der Waals surface area contributed by atoms with Crippen LogP contribution in [0.3, 0.4) is 0 Å². The molecule has 3 heterocycles. The van der Waals surface area contributed by atoms with Crippen molar-refractivity contribution in [2.45, 2.75) is 6.54 Å². The van der Waals surface area contributed by atoms with Gasteiger partial charge >= 0.3 is 0 Å². The van der Waals surface area contributed by atoms with Crippen molar-refractivity contribution in [1.82, 2.24) is 10.2 Å². The van der Waals surface area contributed by atoms with Gasteiger partial charge in [-0.3, -0.25) is 24.1 Å². The number of nitrogens with one attached hydrogen (secondary N) is 1. The molecule has 33 heavy (non-hydrogen) atoms. The van der Waals surface area contributed by atoms with E-state index in [0.717, 1.165) is 21.5 Å². The molecule has 1 N–H and O–H groups in total. The Bertz CT molecular complexity index is 1220. The average Bonchev–Trinajstić information content (AvgIpc) is 3.57. The van der Waals surface area contributed by atoms with E-state index in [1.54, 1.807) is 42.5 Å². The number of hydrogen-bond donors (Lipinski definition) is 1. The summed E-state index contributed by atoms with van der Waals surface area (Å²) >= 11 is 2.25. The fourth-order valence-electron chi connectivity index (χ4n) is 3.15. The summed E-state index contributed by atoms with van der Waals surface area (Å²) < 4.78 is 5.22. The largest absolute Gasteiger partial charge is 0.467 e. The number of hydrogen-bond acceptors (Lipinski definition) is 7. The molecule has 4 rings (SSSR count). The Hall–Kier alpha value is -3.63. The van der Waals surface area contributed by atoms with E-state index < -0.39 is 23.6 Å². The lowest BCUT2D eigenvalue weighted by atomic mass is 10.1. The van der Waals surface area contributed by atoms with Crippen molar-refractivity contribution in [2.75, 3.05) is 18.5 Å². The van der Waals surface area contributed by atoms with E-state index in [0.29, 0.717) is 11.4 Å². The van der Waals surface area contributed by atoms with Crippen molar-refractivity contribution in [1.29, 1.82) is 0 Å². The molecular weight excluding hydrogens is 462 g/mol. The van der Waals surface area contributed by atoms with E-state index in [4.69, 9.17) is 4.42 Å². The Kier molecular flexibility index (Phi) is 6.76. The highest BCUT2D eigenvalue weighted by Crippen LogP contribution is 2.33. The van der Waals surface area contributed by atoms with Gasteiger partial charge in [-0.05, 0) is 53.5 Å². The number of benzene rings is 1. The molecular formula is C23H19N3O5S2. The number of carbonyl (C=O) groups is 4. The van der Waals surface area contributed by atoms with Crippen molar-refractivity contribution in [3.8, 4) is 0 Å². The zero-order valence-corrected chi connectivity index (χ0v) is 19.2. The van der Waals surface area contributed by atoms with E-state index >= 15 is 0 Å². The summed E-state index contributed by atoms with van der Waals surface area (Å²) in [5, 5.41) is 4.12. The second kappa shape index (κ2) is 9.88.